The molecule has 0 spiro atoms. The minimum Gasteiger partial charge on any atom is -0.358 e. The van der Waals surface area contributed by atoms with Crippen LogP contribution < -0.4 is 16.0 Å². The van der Waals surface area contributed by atoms with Crippen LogP contribution in [-0.4, -0.2) is 66.3 Å². The molecule has 0 radical (unpaired) electrons. The van der Waals surface area contributed by atoms with Gasteiger partial charge in [-0.3, -0.25) is 14.7 Å². The smallest absolute Gasteiger partial charge is 0.233 e. The molecule has 170 valence electrons. The van der Waals surface area contributed by atoms with E-state index in [0.29, 0.717) is 19.1 Å². The third kappa shape index (κ3) is 6.93. The number of aryl methyl sites for hydroxylation is 2. The highest BCUT2D eigenvalue weighted by Gasteiger charge is 2.21. The first-order chi connectivity index (χ1) is 14.5. The summed E-state index contributed by atoms with van der Waals surface area (Å²) in [5.41, 5.74) is 4.36. The van der Waals surface area contributed by atoms with Crippen LogP contribution in [0.5, 0.6) is 0 Å². The molecule has 1 saturated heterocycles. The summed E-state index contributed by atoms with van der Waals surface area (Å²) in [4.78, 5) is 18.1. The van der Waals surface area contributed by atoms with Crippen LogP contribution in [0.15, 0.2) is 35.3 Å². The molecule has 1 aliphatic rings. The zero-order chi connectivity index (χ0) is 21.5. The second-order valence-corrected chi connectivity index (χ2v) is 7.76. The molecule has 0 unspecified atom stereocenters. The van der Waals surface area contributed by atoms with Gasteiger partial charge in [-0.1, -0.05) is 18.2 Å². The summed E-state index contributed by atoms with van der Waals surface area (Å²) in [5, 5.41) is 14.3. The van der Waals surface area contributed by atoms with Crippen LogP contribution >= 0.6 is 24.0 Å². The molecule has 9 heteroatoms. The number of guanidine groups is 1. The van der Waals surface area contributed by atoms with Gasteiger partial charge in [-0.15, -0.1) is 24.0 Å². The van der Waals surface area contributed by atoms with E-state index in [0.717, 1.165) is 54.5 Å². The molecule has 1 amide bonds. The number of hydrogen-bond donors (Lipinski definition) is 3. The van der Waals surface area contributed by atoms with Crippen LogP contribution in [-0.2, 0) is 11.3 Å². The van der Waals surface area contributed by atoms with Crippen molar-refractivity contribution in [3.8, 4) is 5.69 Å². The highest BCUT2D eigenvalue weighted by Crippen LogP contribution is 2.17. The summed E-state index contributed by atoms with van der Waals surface area (Å²) in [5.74, 6) is 0.864. The number of nitrogens with zero attached hydrogens (tertiary/aromatic N) is 4. The third-order valence-electron chi connectivity index (χ3n) is 5.47. The minimum absolute atomic E-state index is 0. The summed E-state index contributed by atoms with van der Waals surface area (Å²) in [6.45, 7) is 7.02. The predicted molar refractivity (Wildman–Crippen MR) is 135 cm³/mol. The average Bonchev–Trinajstić information content (AvgIpc) is 3.10. The Morgan fingerprint density at radius 1 is 1.23 bits per heavy atom. The van der Waals surface area contributed by atoms with Gasteiger partial charge < -0.3 is 16.0 Å². The van der Waals surface area contributed by atoms with Crippen molar-refractivity contribution in [2.45, 2.75) is 39.3 Å². The number of para-hydroxylation sites is 1. The molecule has 1 aromatic carbocycles. The molecule has 31 heavy (non-hydrogen) atoms. The van der Waals surface area contributed by atoms with Crippen LogP contribution in [0.4, 0.5) is 0 Å². The van der Waals surface area contributed by atoms with Crippen molar-refractivity contribution >= 4 is 35.8 Å². The Morgan fingerprint density at radius 2 is 1.94 bits per heavy atom. The number of halogens is 1. The van der Waals surface area contributed by atoms with E-state index in [9.17, 15) is 4.79 Å². The number of hydrogen-bond acceptors (Lipinski definition) is 4. The number of aromatic nitrogens is 2. The molecule has 0 saturated carbocycles. The predicted octanol–water partition coefficient (Wildman–Crippen LogP) is 1.98. The zero-order valence-electron chi connectivity index (χ0n) is 18.8. The van der Waals surface area contributed by atoms with Gasteiger partial charge in [0.05, 0.1) is 17.9 Å². The molecule has 1 aliphatic heterocycles. The van der Waals surface area contributed by atoms with E-state index in [1.165, 1.54) is 0 Å². The van der Waals surface area contributed by atoms with Crippen LogP contribution in [0, 0.1) is 13.8 Å². The lowest BCUT2D eigenvalue weighted by atomic mass is 10.1. The van der Waals surface area contributed by atoms with Crippen LogP contribution in [0.25, 0.3) is 5.69 Å². The van der Waals surface area contributed by atoms with Gasteiger partial charge in [-0.05, 0) is 44.4 Å². The van der Waals surface area contributed by atoms with Crippen LogP contribution in [0.3, 0.4) is 0 Å². The number of carbonyl (C=O) groups excluding carboxylic acids is 1. The lowest BCUT2D eigenvalue weighted by Gasteiger charge is -2.32. The Hall–Kier alpha value is -2.14. The monoisotopic (exact) mass is 539 g/mol. The van der Waals surface area contributed by atoms with E-state index < -0.39 is 0 Å². The lowest BCUT2D eigenvalue weighted by Crippen LogP contribution is -2.49. The van der Waals surface area contributed by atoms with Crippen molar-refractivity contribution in [2.75, 3.05) is 33.7 Å². The molecule has 8 nitrogen and oxygen atoms in total. The second-order valence-electron chi connectivity index (χ2n) is 7.76. The Bertz CT molecular complexity index is 888. The van der Waals surface area contributed by atoms with Crippen LogP contribution in [0.1, 0.15) is 29.8 Å². The summed E-state index contributed by atoms with van der Waals surface area (Å²) in [6, 6.07) is 10.7. The fourth-order valence-electron chi connectivity index (χ4n) is 3.82. The fourth-order valence-corrected chi connectivity index (χ4v) is 3.82. The van der Waals surface area contributed by atoms with E-state index >= 15 is 0 Å². The molecule has 3 N–H and O–H groups in total. The highest BCUT2D eigenvalue weighted by molar-refractivity contribution is 14.0. The van der Waals surface area contributed by atoms with E-state index in [1.807, 2.05) is 23.7 Å². The van der Waals surface area contributed by atoms with Gasteiger partial charge in [0.25, 0.3) is 0 Å². The van der Waals surface area contributed by atoms with Gasteiger partial charge in [-0.2, -0.15) is 5.10 Å². The Labute approximate surface area is 201 Å². The zero-order valence-corrected chi connectivity index (χ0v) is 21.1. The number of benzene rings is 1. The van der Waals surface area contributed by atoms with Crippen molar-refractivity contribution in [3.05, 3.63) is 47.3 Å². The van der Waals surface area contributed by atoms with Gasteiger partial charge >= 0.3 is 0 Å². The van der Waals surface area contributed by atoms with E-state index in [1.54, 1.807) is 14.1 Å². The van der Waals surface area contributed by atoms with Crippen molar-refractivity contribution < 1.29 is 4.79 Å². The molecule has 0 bridgehead atoms. The van der Waals surface area contributed by atoms with Crippen molar-refractivity contribution in [1.29, 1.82) is 0 Å². The summed E-state index contributed by atoms with van der Waals surface area (Å²) in [6.07, 6.45) is 1.97. The van der Waals surface area contributed by atoms with Gasteiger partial charge in [-0.25, -0.2) is 4.68 Å². The van der Waals surface area contributed by atoms with Crippen molar-refractivity contribution in [2.24, 2.45) is 4.99 Å². The maximum absolute atomic E-state index is 11.6. The molecular weight excluding hydrogens is 505 g/mol. The molecular formula is C22H34IN7O. The van der Waals surface area contributed by atoms with Crippen molar-refractivity contribution in [1.82, 2.24) is 30.6 Å². The minimum atomic E-state index is 0. The second kappa shape index (κ2) is 12.0. The molecule has 2 aromatic rings. The molecule has 1 fully saturated rings. The Kier molecular flexibility index (Phi) is 9.76. The summed E-state index contributed by atoms with van der Waals surface area (Å²) >= 11 is 0. The number of likely N-dealkylation sites (N-methyl/N-ethyl adjacent to an activating group) is 1. The fraction of sp³-hybridized carbons (Fsp3) is 0.500. The van der Waals surface area contributed by atoms with Gasteiger partial charge in [0.2, 0.25) is 5.91 Å². The molecule has 2 heterocycles. The summed E-state index contributed by atoms with van der Waals surface area (Å²) < 4.78 is 1.99. The number of carbonyl (C=O) groups is 1. The normalized spacial score (nSPS) is 15.3. The van der Waals surface area contributed by atoms with Gasteiger partial charge in [0, 0.05) is 45.5 Å². The van der Waals surface area contributed by atoms with Crippen LogP contribution in [0.2, 0.25) is 0 Å². The van der Waals surface area contributed by atoms with E-state index in [-0.39, 0.29) is 29.9 Å². The first-order valence-corrected chi connectivity index (χ1v) is 10.5. The standard InChI is InChI=1S/C22H33N7O.HI/c1-16-13-17(2)29(27-16)20-8-6-5-7-18(20)14-25-22(24-4)26-19-9-11-28(12-10-19)15-21(30)23-3;/h5-8,13,19H,9-12,14-15H2,1-4H3,(H,23,30)(H2,24,25,26);1H. The van der Waals surface area contributed by atoms with Gasteiger partial charge in [0.1, 0.15) is 0 Å². The number of piperidine rings is 1. The third-order valence-corrected chi connectivity index (χ3v) is 5.47. The largest absolute Gasteiger partial charge is 0.358 e. The Morgan fingerprint density at radius 3 is 2.55 bits per heavy atom. The first-order valence-electron chi connectivity index (χ1n) is 10.5. The molecule has 3 rings (SSSR count). The SMILES string of the molecule is CN=C(NCc1ccccc1-n1nc(C)cc1C)NC1CCN(CC(=O)NC)CC1.I. The number of aliphatic imine (C=N–C) groups is 1. The molecule has 0 atom stereocenters. The maximum atomic E-state index is 11.6. The quantitative estimate of drug-likeness (QED) is 0.297. The first kappa shape index (κ1) is 25.1. The summed E-state index contributed by atoms with van der Waals surface area (Å²) in [7, 11) is 3.47. The maximum Gasteiger partial charge on any atom is 0.233 e. The van der Waals surface area contributed by atoms with Crippen molar-refractivity contribution in [3.63, 3.8) is 0 Å². The molecule has 1 aromatic heterocycles. The molecule has 0 aliphatic carbocycles. The number of likely N-dealkylation sites (tertiary alicyclic amines) is 1. The number of amides is 1. The van der Waals surface area contributed by atoms with Gasteiger partial charge in [0.15, 0.2) is 5.96 Å². The Balaban J connectivity index is 0.00000341. The van der Waals surface area contributed by atoms with E-state index in [2.05, 4.69) is 56.1 Å². The van der Waals surface area contributed by atoms with E-state index in [4.69, 9.17) is 0 Å². The number of nitrogens with one attached hydrogen (secondary N) is 3. The highest BCUT2D eigenvalue weighted by atomic mass is 127. The number of rotatable bonds is 6. The lowest BCUT2D eigenvalue weighted by molar-refractivity contribution is -0.122. The average molecular weight is 539 g/mol. The topological polar surface area (TPSA) is 86.6 Å².